The summed E-state index contributed by atoms with van der Waals surface area (Å²) in [7, 11) is -1.40. The molecule has 4 nitrogen and oxygen atoms in total. The highest BCUT2D eigenvalue weighted by Crippen LogP contribution is 1.97. The molecule has 0 aliphatic carbocycles. The number of unbranched alkanes of at least 4 members (excludes halogenated alkanes) is 1. The zero-order chi connectivity index (χ0) is 11.8. The minimum atomic E-state index is -1.40. The molecule has 0 spiro atoms. The SMILES string of the molecule is NCCCCNCc1ccccc1B(O)O. The van der Waals surface area contributed by atoms with Crippen LogP contribution in [0.4, 0.5) is 0 Å². The molecule has 1 aromatic carbocycles. The van der Waals surface area contributed by atoms with Gasteiger partial charge in [-0.25, -0.2) is 0 Å². The predicted molar refractivity (Wildman–Crippen MR) is 66.3 cm³/mol. The zero-order valence-corrected chi connectivity index (χ0v) is 9.39. The van der Waals surface area contributed by atoms with Gasteiger partial charge in [0.1, 0.15) is 0 Å². The highest BCUT2D eigenvalue weighted by Gasteiger charge is 2.14. The molecule has 0 saturated heterocycles. The monoisotopic (exact) mass is 222 g/mol. The number of hydrogen-bond acceptors (Lipinski definition) is 4. The van der Waals surface area contributed by atoms with Crippen LogP contribution in [0.15, 0.2) is 24.3 Å². The van der Waals surface area contributed by atoms with Crippen molar-refractivity contribution < 1.29 is 10.0 Å². The summed E-state index contributed by atoms with van der Waals surface area (Å²) in [5, 5.41) is 21.6. The Morgan fingerprint density at radius 2 is 1.94 bits per heavy atom. The molecular formula is C11H19BN2O2. The normalized spacial score (nSPS) is 10.4. The second-order valence-electron chi connectivity index (χ2n) is 3.75. The largest absolute Gasteiger partial charge is 0.488 e. The van der Waals surface area contributed by atoms with Crippen molar-refractivity contribution in [1.29, 1.82) is 0 Å². The summed E-state index contributed by atoms with van der Waals surface area (Å²) >= 11 is 0. The minimum Gasteiger partial charge on any atom is -0.423 e. The Morgan fingerprint density at radius 1 is 1.19 bits per heavy atom. The second-order valence-corrected chi connectivity index (χ2v) is 3.75. The van der Waals surface area contributed by atoms with E-state index in [1.54, 1.807) is 12.1 Å². The van der Waals surface area contributed by atoms with Crippen LogP contribution < -0.4 is 16.5 Å². The summed E-state index contributed by atoms with van der Waals surface area (Å²) in [6.07, 6.45) is 2.05. The second kappa shape index (κ2) is 7.41. The van der Waals surface area contributed by atoms with Crippen molar-refractivity contribution in [3.05, 3.63) is 29.8 Å². The molecule has 0 aliphatic rings. The molecule has 5 heteroatoms. The van der Waals surface area contributed by atoms with Gasteiger partial charge in [0.2, 0.25) is 0 Å². The molecule has 5 N–H and O–H groups in total. The first kappa shape index (κ1) is 13.2. The van der Waals surface area contributed by atoms with Gasteiger partial charge in [0.05, 0.1) is 0 Å². The maximum atomic E-state index is 9.16. The number of hydrogen-bond donors (Lipinski definition) is 4. The summed E-state index contributed by atoms with van der Waals surface area (Å²) in [5.41, 5.74) is 6.88. The van der Waals surface area contributed by atoms with Gasteiger partial charge in [-0.15, -0.1) is 0 Å². The lowest BCUT2D eigenvalue weighted by atomic mass is 9.77. The summed E-state index contributed by atoms with van der Waals surface area (Å²) < 4.78 is 0. The van der Waals surface area contributed by atoms with Gasteiger partial charge in [0.15, 0.2) is 0 Å². The maximum absolute atomic E-state index is 9.16. The van der Waals surface area contributed by atoms with Gasteiger partial charge in [-0.2, -0.15) is 0 Å². The lowest BCUT2D eigenvalue weighted by Crippen LogP contribution is -2.34. The van der Waals surface area contributed by atoms with E-state index >= 15 is 0 Å². The van der Waals surface area contributed by atoms with E-state index in [-0.39, 0.29) is 0 Å². The summed E-state index contributed by atoms with van der Waals surface area (Å²) in [4.78, 5) is 0. The summed E-state index contributed by atoms with van der Waals surface area (Å²) in [5.74, 6) is 0. The first-order valence-corrected chi connectivity index (χ1v) is 5.60. The van der Waals surface area contributed by atoms with Gasteiger partial charge in [-0.05, 0) is 37.0 Å². The van der Waals surface area contributed by atoms with E-state index in [4.69, 9.17) is 15.8 Å². The van der Waals surface area contributed by atoms with Crippen LogP contribution in [0.25, 0.3) is 0 Å². The number of rotatable bonds is 7. The molecule has 0 bridgehead atoms. The van der Waals surface area contributed by atoms with E-state index in [1.165, 1.54) is 0 Å². The van der Waals surface area contributed by atoms with Gasteiger partial charge in [0, 0.05) is 6.54 Å². The molecule has 0 radical (unpaired) electrons. The Labute approximate surface area is 96.6 Å². The third kappa shape index (κ3) is 4.32. The van der Waals surface area contributed by atoms with Crippen molar-refractivity contribution in [2.45, 2.75) is 19.4 Å². The van der Waals surface area contributed by atoms with E-state index in [0.29, 0.717) is 18.6 Å². The Morgan fingerprint density at radius 3 is 2.62 bits per heavy atom. The number of nitrogens with two attached hydrogens (primary N) is 1. The molecule has 0 atom stereocenters. The third-order valence-electron chi connectivity index (χ3n) is 2.46. The van der Waals surface area contributed by atoms with Gasteiger partial charge >= 0.3 is 7.12 Å². The molecule has 16 heavy (non-hydrogen) atoms. The van der Waals surface area contributed by atoms with Gasteiger partial charge in [-0.1, -0.05) is 24.3 Å². The van der Waals surface area contributed by atoms with Crippen molar-refractivity contribution >= 4 is 12.6 Å². The summed E-state index contributed by atoms with van der Waals surface area (Å²) in [6.45, 7) is 2.26. The van der Waals surface area contributed by atoms with Crippen LogP contribution in [-0.4, -0.2) is 30.3 Å². The number of benzene rings is 1. The highest BCUT2D eigenvalue weighted by atomic mass is 16.4. The molecule has 0 aliphatic heterocycles. The van der Waals surface area contributed by atoms with Crippen molar-refractivity contribution in [1.82, 2.24) is 5.32 Å². The van der Waals surface area contributed by atoms with Crippen LogP contribution >= 0.6 is 0 Å². The standard InChI is InChI=1S/C11H19BN2O2/c13-7-3-4-8-14-9-10-5-1-2-6-11(10)12(15)16/h1-2,5-6,14-16H,3-4,7-9,13H2. The predicted octanol–water partition coefficient (Wildman–Crippen LogP) is -0.805. The van der Waals surface area contributed by atoms with Crippen molar-refractivity contribution in [2.75, 3.05) is 13.1 Å². The first-order valence-electron chi connectivity index (χ1n) is 5.60. The van der Waals surface area contributed by atoms with Crippen molar-refractivity contribution in [2.24, 2.45) is 5.73 Å². The molecule has 1 aromatic rings. The topological polar surface area (TPSA) is 78.5 Å². The molecule has 0 aromatic heterocycles. The Hall–Kier alpha value is -0.875. The molecule has 0 amide bonds. The third-order valence-corrected chi connectivity index (χ3v) is 2.46. The highest BCUT2D eigenvalue weighted by molar-refractivity contribution is 6.59. The average Bonchev–Trinajstić information content (AvgIpc) is 2.29. The molecular weight excluding hydrogens is 203 g/mol. The van der Waals surface area contributed by atoms with Crippen LogP contribution in [0.3, 0.4) is 0 Å². The van der Waals surface area contributed by atoms with Crippen LogP contribution in [-0.2, 0) is 6.54 Å². The molecule has 0 fully saturated rings. The Kier molecular flexibility index (Phi) is 6.11. The lowest BCUT2D eigenvalue weighted by Gasteiger charge is -2.09. The van der Waals surface area contributed by atoms with E-state index in [0.717, 1.165) is 24.9 Å². The molecule has 1 rings (SSSR count). The smallest absolute Gasteiger partial charge is 0.423 e. The molecule has 0 saturated carbocycles. The lowest BCUT2D eigenvalue weighted by molar-refractivity contribution is 0.425. The summed E-state index contributed by atoms with van der Waals surface area (Å²) in [6, 6.07) is 7.31. The van der Waals surface area contributed by atoms with E-state index < -0.39 is 7.12 Å². The minimum absolute atomic E-state index is 0.564. The molecule has 0 unspecified atom stereocenters. The van der Waals surface area contributed by atoms with E-state index in [9.17, 15) is 0 Å². The van der Waals surface area contributed by atoms with E-state index in [1.807, 2.05) is 12.1 Å². The average molecular weight is 222 g/mol. The van der Waals surface area contributed by atoms with E-state index in [2.05, 4.69) is 5.32 Å². The van der Waals surface area contributed by atoms with Gasteiger partial charge in [0.25, 0.3) is 0 Å². The Balaban J connectivity index is 2.41. The van der Waals surface area contributed by atoms with Crippen LogP contribution in [0.1, 0.15) is 18.4 Å². The van der Waals surface area contributed by atoms with Gasteiger partial charge < -0.3 is 21.1 Å². The van der Waals surface area contributed by atoms with Gasteiger partial charge in [-0.3, -0.25) is 0 Å². The van der Waals surface area contributed by atoms with Crippen molar-refractivity contribution in [3.63, 3.8) is 0 Å². The first-order chi connectivity index (χ1) is 7.75. The Bertz CT molecular complexity index is 308. The fourth-order valence-corrected chi connectivity index (χ4v) is 1.56. The fraction of sp³-hybridized carbons (Fsp3) is 0.455. The van der Waals surface area contributed by atoms with Crippen LogP contribution in [0.5, 0.6) is 0 Å². The zero-order valence-electron chi connectivity index (χ0n) is 9.39. The van der Waals surface area contributed by atoms with Crippen LogP contribution in [0.2, 0.25) is 0 Å². The van der Waals surface area contributed by atoms with Crippen molar-refractivity contribution in [3.8, 4) is 0 Å². The molecule has 0 heterocycles. The molecule has 88 valence electrons. The maximum Gasteiger partial charge on any atom is 0.488 e. The number of nitrogens with one attached hydrogen (secondary N) is 1. The fourth-order valence-electron chi connectivity index (χ4n) is 1.56. The quantitative estimate of drug-likeness (QED) is 0.359. The van der Waals surface area contributed by atoms with Crippen LogP contribution in [0, 0.1) is 0 Å².